The van der Waals surface area contributed by atoms with Crippen molar-refractivity contribution >= 4 is 5.91 Å². The maximum Gasteiger partial charge on any atom is 0.387 e. The normalized spacial score (nSPS) is 10.6. The van der Waals surface area contributed by atoms with Crippen molar-refractivity contribution in [1.82, 2.24) is 4.90 Å². The molecule has 0 N–H and O–H groups in total. The fourth-order valence-corrected chi connectivity index (χ4v) is 1.98. The molecule has 0 atom stereocenters. The van der Waals surface area contributed by atoms with Crippen LogP contribution in [0.3, 0.4) is 0 Å². The van der Waals surface area contributed by atoms with Crippen molar-refractivity contribution in [3.8, 4) is 5.75 Å². The van der Waals surface area contributed by atoms with E-state index in [4.69, 9.17) is 0 Å². The van der Waals surface area contributed by atoms with Crippen molar-refractivity contribution in [2.75, 3.05) is 7.05 Å². The Balaban J connectivity index is 2.04. The van der Waals surface area contributed by atoms with Gasteiger partial charge in [0.25, 0.3) is 5.91 Å². The predicted octanol–water partition coefficient (Wildman–Crippen LogP) is 3.70. The molecule has 2 rings (SSSR count). The number of alkyl halides is 2. The second-order valence-corrected chi connectivity index (χ2v) is 4.69. The number of amides is 1. The Morgan fingerprint density at radius 2 is 1.86 bits per heavy atom. The number of ether oxygens (including phenoxy) is 1. The zero-order valence-corrected chi connectivity index (χ0v) is 11.8. The highest BCUT2D eigenvalue weighted by molar-refractivity contribution is 5.94. The molecule has 6 heteroatoms. The molecule has 0 saturated heterocycles. The van der Waals surface area contributed by atoms with Gasteiger partial charge in [-0.1, -0.05) is 12.1 Å². The van der Waals surface area contributed by atoms with Gasteiger partial charge in [-0.25, -0.2) is 4.39 Å². The van der Waals surface area contributed by atoms with E-state index in [0.717, 1.165) is 0 Å². The standard InChI is InChI=1S/C16H14F3NO2/c1-20(10-11-3-2-4-13(17)9-11)15(21)12-5-7-14(8-6-12)22-16(18)19/h2-9,16H,10H2,1H3. The lowest BCUT2D eigenvalue weighted by atomic mass is 10.1. The van der Waals surface area contributed by atoms with Crippen molar-refractivity contribution in [3.63, 3.8) is 0 Å². The Hall–Kier alpha value is -2.50. The lowest BCUT2D eigenvalue weighted by Crippen LogP contribution is -2.26. The smallest absolute Gasteiger partial charge is 0.387 e. The number of nitrogens with zero attached hydrogens (tertiary/aromatic N) is 1. The first-order chi connectivity index (χ1) is 10.5. The minimum absolute atomic E-state index is 0.0145. The van der Waals surface area contributed by atoms with Gasteiger partial charge in [-0.2, -0.15) is 8.78 Å². The van der Waals surface area contributed by atoms with Crippen molar-refractivity contribution in [1.29, 1.82) is 0 Å². The van der Waals surface area contributed by atoms with E-state index < -0.39 is 6.61 Å². The maximum atomic E-state index is 13.1. The summed E-state index contributed by atoms with van der Waals surface area (Å²) in [4.78, 5) is 13.6. The van der Waals surface area contributed by atoms with Crippen molar-refractivity contribution in [2.45, 2.75) is 13.2 Å². The molecule has 2 aromatic carbocycles. The molecule has 0 fully saturated rings. The van der Waals surface area contributed by atoms with Crippen LogP contribution in [-0.4, -0.2) is 24.5 Å². The summed E-state index contributed by atoms with van der Waals surface area (Å²) in [5, 5.41) is 0. The molecule has 0 spiro atoms. The van der Waals surface area contributed by atoms with Crippen LogP contribution in [0.2, 0.25) is 0 Å². The van der Waals surface area contributed by atoms with Crippen LogP contribution in [0.15, 0.2) is 48.5 Å². The van der Waals surface area contributed by atoms with Crippen LogP contribution in [0, 0.1) is 5.82 Å². The highest BCUT2D eigenvalue weighted by atomic mass is 19.3. The number of hydrogen-bond acceptors (Lipinski definition) is 2. The average molecular weight is 309 g/mol. The summed E-state index contributed by atoms with van der Waals surface area (Å²) < 4.78 is 41.4. The first-order valence-electron chi connectivity index (χ1n) is 6.50. The highest BCUT2D eigenvalue weighted by Gasteiger charge is 2.13. The monoisotopic (exact) mass is 309 g/mol. The van der Waals surface area contributed by atoms with Crippen molar-refractivity contribution in [3.05, 3.63) is 65.5 Å². The largest absolute Gasteiger partial charge is 0.435 e. The lowest BCUT2D eigenvalue weighted by Gasteiger charge is -2.17. The molecule has 0 aromatic heterocycles. The zero-order valence-electron chi connectivity index (χ0n) is 11.8. The Morgan fingerprint density at radius 3 is 2.45 bits per heavy atom. The third-order valence-corrected chi connectivity index (χ3v) is 2.98. The zero-order chi connectivity index (χ0) is 16.1. The van der Waals surface area contributed by atoms with E-state index in [-0.39, 0.29) is 24.0 Å². The van der Waals surface area contributed by atoms with Crippen LogP contribution in [0.4, 0.5) is 13.2 Å². The maximum absolute atomic E-state index is 13.1. The SMILES string of the molecule is CN(Cc1cccc(F)c1)C(=O)c1ccc(OC(F)F)cc1. The number of benzene rings is 2. The molecule has 0 heterocycles. The number of halogens is 3. The van der Waals surface area contributed by atoms with E-state index in [1.807, 2.05) is 0 Å². The van der Waals surface area contributed by atoms with Crippen LogP contribution in [-0.2, 0) is 6.54 Å². The van der Waals surface area contributed by atoms with Gasteiger partial charge in [-0.05, 0) is 42.0 Å². The van der Waals surface area contributed by atoms with E-state index in [2.05, 4.69) is 4.74 Å². The van der Waals surface area contributed by atoms with Crippen molar-refractivity contribution < 1.29 is 22.7 Å². The molecule has 1 amide bonds. The molecular formula is C16H14F3NO2. The molecule has 0 bridgehead atoms. The summed E-state index contributed by atoms with van der Waals surface area (Å²) in [7, 11) is 1.58. The molecule has 3 nitrogen and oxygen atoms in total. The van der Waals surface area contributed by atoms with Gasteiger partial charge < -0.3 is 9.64 Å². The van der Waals surface area contributed by atoms with Crippen LogP contribution in [0.1, 0.15) is 15.9 Å². The van der Waals surface area contributed by atoms with Gasteiger partial charge in [0.1, 0.15) is 11.6 Å². The first-order valence-corrected chi connectivity index (χ1v) is 6.50. The molecular weight excluding hydrogens is 295 g/mol. The summed E-state index contributed by atoms with van der Waals surface area (Å²) in [6, 6.07) is 11.4. The van der Waals surface area contributed by atoms with Gasteiger partial charge in [0.2, 0.25) is 0 Å². The first kappa shape index (κ1) is 15.9. The van der Waals surface area contributed by atoms with E-state index in [1.165, 1.54) is 41.3 Å². The molecule has 0 radical (unpaired) electrons. The van der Waals surface area contributed by atoms with Gasteiger partial charge >= 0.3 is 6.61 Å². The average Bonchev–Trinajstić information content (AvgIpc) is 2.46. The van der Waals surface area contributed by atoms with Crippen LogP contribution >= 0.6 is 0 Å². The van der Waals surface area contributed by atoms with Crippen molar-refractivity contribution in [2.24, 2.45) is 0 Å². The van der Waals surface area contributed by atoms with Crippen LogP contribution in [0.5, 0.6) is 5.75 Å². The summed E-state index contributed by atoms with van der Waals surface area (Å²) in [6.45, 7) is -2.66. The molecule has 0 aliphatic rings. The molecule has 0 aliphatic carbocycles. The Morgan fingerprint density at radius 1 is 1.18 bits per heavy atom. The molecule has 0 saturated carbocycles. The molecule has 2 aromatic rings. The summed E-state index contributed by atoms with van der Waals surface area (Å²) in [5.74, 6) is -0.681. The minimum atomic E-state index is -2.91. The minimum Gasteiger partial charge on any atom is -0.435 e. The third kappa shape index (κ3) is 4.25. The topological polar surface area (TPSA) is 29.5 Å². The van der Waals surface area contributed by atoms with Crippen LogP contribution < -0.4 is 4.74 Å². The third-order valence-electron chi connectivity index (χ3n) is 2.98. The van der Waals surface area contributed by atoms with Gasteiger partial charge in [-0.15, -0.1) is 0 Å². The summed E-state index contributed by atoms with van der Waals surface area (Å²) >= 11 is 0. The van der Waals surface area contributed by atoms with E-state index in [1.54, 1.807) is 19.2 Å². The number of carbonyl (C=O) groups excluding carboxylic acids is 1. The number of rotatable bonds is 5. The Bertz CT molecular complexity index is 644. The van der Waals surface area contributed by atoms with Gasteiger partial charge in [0, 0.05) is 19.2 Å². The van der Waals surface area contributed by atoms with E-state index in [0.29, 0.717) is 11.1 Å². The summed E-state index contributed by atoms with van der Waals surface area (Å²) in [5.41, 5.74) is 0.994. The van der Waals surface area contributed by atoms with E-state index >= 15 is 0 Å². The van der Waals surface area contributed by atoms with Gasteiger partial charge in [0.05, 0.1) is 0 Å². The molecule has 0 unspecified atom stereocenters. The van der Waals surface area contributed by atoms with E-state index in [9.17, 15) is 18.0 Å². The molecule has 22 heavy (non-hydrogen) atoms. The van der Waals surface area contributed by atoms with Crippen LogP contribution in [0.25, 0.3) is 0 Å². The molecule has 0 aliphatic heterocycles. The second-order valence-electron chi connectivity index (χ2n) is 4.69. The highest BCUT2D eigenvalue weighted by Crippen LogP contribution is 2.16. The van der Waals surface area contributed by atoms with Gasteiger partial charge in [-0.3, -0.25) is 4.79 Å². The Labute approximate surface area is 125 Å². The second kappa shape index (κ2) is 6.98. The quantitative estimate of drug-likeness (QED) is 0.843. The summed E-state index contributed by atoms with van der Waals surface area (Å²) in [6.07, 6.45) is 0. The molecule has 116 valence electrons. The number of carbonyl (C=O) groups is 1. The fraction of sp³-hybridized carbons (Fsp3) is 0.188. The number of hydrogen-bond donors (Lipinski definition) is 0. The van der Waals surface area contributed by atoms with Gasteiger partial charge in [0.15, 0.2) is 0 Å². The fourth-order valence-electron chi connectivity index (χ4n) is 1.98. The predicted molar refractivity (Wildman–Crippen MR) is 75.3 cm³/mol. The lowest BCUT2D eigenvalue weighted by molar-refractivity contribution is -0.0498. The Kier molecular flexibility index (Phi) is 5.04.